The largest absolute Gasteiger partial charge is 0.394 e. The lowest BCUT2D eigenvalue weighted by atomic mass is 10.2. The van der Waals surface area contributed by atoms with Crippen LogP contribution < -0.4 is 10.6 Å². The number of rotatable bonds is 2. The highest BCUT2D eigenvalue weighted by molar-refractivity contribution is 6.32. The number of hydrogen-bond donors (Lipinski definition) is 2. The molecule has 17 heavy (non-hydrogen) atoms. The van der Waals surface area contributed by atoms with E-state index in [0.717, 1.165) is 0 Å². The molecule has 0 aromatic carbocycles. The first-order valence-corrected chi connectivity index (χ1v) is 5.76. The molecule has 1 aliphatic rings. The molecular weight excluding hydrogens is 244 g/mol. The molecule has 0 radical (unpaired) electrons. The minimum atomic E-state index is -0.224. The zero-order valence-corrected chi connectivity index (χ0v) is 10.3. The molecule has 0 aliphatic carbocycles. The molecule has 0 bridgehead atoms. The van der Waals surface area contributed by atoms with Gasteiger partial charge >= 0.3 is 0 Å². The van der Waals surface area contributed by atoms with Crippen molar-refractivity contribution in [1.82, 2.24) is 9.97 Å². The summed E-state index contributed by atoms with van der Waals surface area (Å²) in [7, 11) is 0. The lowest BCUT2D eigenvalue weighted by molar-refractivity contribution is -0.0105. The van der Waals surface area contributed by atoms with Gasteiger partial charge in [-0.3, -0.25) is 0 Å². The van der Waals surface area contributed by atoms with Crippen molar-refractivity contribution < 1.29 is 9.84 Å². The summed E-state index contributed by atoms with van der Waals surface area (Å²) < 4.78 is 5.45. The normalized spacial score (nSPS) is 25.0. The summed E-state index contributed by atoms with van der Waals surface area (Å²) in [5.74, 6) is 0.775. The van der Waals surface area contributed by atoms with Crippen molar-refractivity contribution in [2.75, 3.05) is 30.4 Å². The molecule has 7 heteroatoms. The van der Waals surface area contributed by atoms with Crippen LogP contribution in [0.5, 0.6) is 0 Å². The minimum Gasteiger partial charge on any atom is -0.394 e. The molecule has 1 saturated heterocycles. The van der Waals surface area contributed by atoms with Crippen LogP contribution in [0.25, 0.3) is 0 Å². The highest BCUT2D eigenvalue weighted by Gasteiger charge is 2.28. The fraction of sp³-hybridized carbons (Fsp3) is 0.600. The van der Waals surface area contributed by atoms with E-state index in [9.17, 15) is 0 Å². The van der Waals surface area contributed by atoms with E-state index in [2.05, 4.69) is 9.97 Å². The Bertz CT molecular complexity index is 404. The monoisotopic (exact) mass is 258 g/mol. The third kappa shape index (κ3) is 2.59. The van der Waals surface area contributed by atoms with Crippen LogP contribution in [0.4, 0.5) is 11.8 Å². The van der Waals surface area contributed by atoms with Gasteiger partial charge in [-0.2, -0.15) is 4.98 Å². The summed E-state index contributed by atoms with van der Waals surface area (Å²) in [6.07, 6.45) is 1.26. The molecule has 3 N–H and O–H groups in total. The SMILES string of the molecule is CC1COC(CO)CN1c1nc(N)ncc1Cl. The second-order valence-electron chi connectivity index (χ2n) is 4.04. The number of ether oxygens (including phenoxy) is 1. The van der Waals surface area contributed by atoms with Crippen LogP contribution in [0.2, 0.25) is 5.02 Å². The molecule has 1 fully saturated rings. The molecule has 1 aromatic heterocycles. The lowest BCUT2D eigenvalue weighted by Crippen LogP contribution is -2.50. The van der Waals surface area contributed by atoms with E-state index in [1.54, 1.807) is 0 Å². The second-order valence-corrected chi connectivity index (χ2v) is 4.45. The number of anilines is 2. The van der Waals surface area contributed by atoms with Gasteiger partial charge in [-0.15, -0.1) is 0 Å². The van der Waals surface area contributed by atoms with Gasteiger partial charge in [-0.25, -0.2) is 4.98 Å². The molecule has 2 heterocycles. The third-order valence-electron chi connectivity index (χ3n) is 2.73. The van der Waals surface area contributed by atoms with Gasteiger partial charge < -0.3 is 20.5 Å². The van der Waals surface area contributed by atoms with Crippen LogP contribution in [0.1, 0.15) is 6.92 Å². The fourth-order valence-electron chi connectivity index (χ4n) is 1.80. The molecule has 0 amide bonds. The Morgan fingerprint density at radius 2 is 2.47 bits per heavy atom. The van der Waals surface area contributed by atoms with Crippen molar-refractivity contribution in [1.29, 1.82) is 0 Å². The Kier molecular flexibility index (Phi) is 3.66. The van der Waals surface area contributed by atoms with E-state index in [4.69, 9.17) is 27.2 Å². The fourth-order valence-corrected chi connectivity index (χ4v) is 2.00. The average molecular weight is 259 g/mol. The van der Waals surface area contributed by atoms with E-state index >= 15 is 0 Å². The predicted molar refractivity (Wildman–Crippen MR) is 65.1 cm³/mol. The molecule has 2 unspecified atom stereocenters. The molecule has 94 valence electrons. The number of nitrogen functional groups attached to an aromatic ring is 1. The average Bonchev–Trinajstić information content (AvgIpc) is 2.33. The first-order valence-electron chi connectivity index (χ1n) is 5.39. The molecule has 2 atom stereocenters. The highest BCUT2D eigenvalue weighted by atomic mass is 35.5. The molecule has 6 nitrogen and oxygen atoms in total. The van der Waals surface area contributed by atoms with E-state index in [1.165, 1.54) is 6.20 Å². The molecule has 0 saturated carbocycles. The van der Waals surface area contributed by atoms with Crippen molar-refractivity contribution in [2.24, 2.45) is 0 Å². The molecule has 1 aliphatic heterocycles. The Morgan fingerprint density at radius 1 is 1.71 bits per heavy atom. The van der Waals surface area contributed by atoms with Crippen molar-refractivity contribution in [3.05, 3.63) is 11.2 Å². The van der Waals surface area contributed by atoms with Crippen LogP contribution in [0, 0.1) is 0 Å². The summed E-state index contributed by atoms with van der Waals surface area (Å²) in [6, 6.07) is 0.129. The van der Waals surface area contributed by atoms with Gasteiger partial charge in [0.25, 0.3) is 0 Å². The number of aromatic nitrogens is 2. The molecular formula is C10H15ClN4O2. The number of morpholine rings is 1. The highest BCUT2D eigenvalue weighted by Crippen LogP contribution is 2.27. The Hall–Kier alpha value is -1.11. The quantitative estimate of drug-likeness (QED) is 0.794. The van der Waals surface area contributed by atoms with Crippen molar-refractivity contribution in [3.8, 4) is 0 Å². The Labute approximate surface area is 104 Å². The number of aliphatic hydroxyl groups excluding tert-OH is 1. The van der Waals surface area contributed by atoms with Gasteiger partial charge in [-0.05, 0) is 6.92 Å². The van der Waals surface area contributed by atoms with E-state index in [0.29, 0.717) is 24.0 Å². The van der Waals surface area contributed by atoms with Gasteiger partial charge in [0.1, 0.15) is 5.02 Å². The second kappa shape index (κ2) is 5.03. The molecule has 1 aromatic rings. The van der Waals surface area contributed by atoms with Crippen LogP contribution in [0.3, 0.4) is 0 Å². The van der Waals surface area contributed by atoms with E-state index < -0.39 is 0 Å². The van der Waals surface area contributed by atoms with E-state index in [1.807, 2.05) is 11.8 Å². The van der Waals surface area contributed by atoms with Crippen LogP contribution in [0.15, 0.2) is 6.20 Å². The first kappa shape index (κ1) is 12.3. The Morgan fingerprint density at radius 3 is 3.18 bits per heavy atom. The van der Waals surface area contributed by atoms with Gasteiger partial charge in [-0.1, -0.05) is 11.6 Å². The predicted octanol–water partition coefficient (Wildman–Crippen LogP) is 0.298. The lowest BCUT2D eigenvalue weighted by Gasteiger charge is -2.38. The van der Waals surface area contributed by atoms with E-state index in [-0.39, 0.29) is 24.7 Å². The standard InChI is InChI=1S/C10H15ClN4O2/c1-6-5-17-7(4-16)3-15(6)9-8(11)2-13-10(12)14-9/h2,6-7,16H,3-5H2,1H3,(H2,12,13,14). The topological polar surface area (TPSA) is 84.5 Å². The maximum atomic E-state index is 9.12. The number of nitrogens with zero attached hydrogens (tertiary/aromatic N) is 3. The summed E-state index contributed by atoms with van der Waals surface area (Å²) in [6.45, 7) is 3.03. The van der Waals surface area contributed by atoms with Gasteiger partial charge in [0.15, 0.2) is 5.82 Å². The summed E-state index contributed by atoms with van der Waals surface area (Å²) >= 11 is 6.06. The first-order chi connectivity index (χ1) is 8.11. The maximum absolute atomic E-state index is 9.12. The third-order valence-corrected chi connectivity index (χ3v) is 2.99. The van der Waals surface area contributed by atoms with Gasteiger partial charge in [0.2, 0.25) is 5.95 Å². The van der Waals surface area contributed by atoms with Crippen molar-refractivity contribution in [2.45, 2.75) is 19.1 Å². The zero-order chi connectivity index (χ0) is 12.4. The van der Waals surface area contributed by atoms with Gasteiger partial charge in [0, 0.05) is 6.54 Å². The zero-order valence-electron chi connectivity index (χ0n) is 9.51. The molecule has 2 rings (SSSR count). The maximum Gasteiger partial charge on any atom is 0.222 e. The van der Waals surface area contributed by atoms with Crippen LogP contribution in [-0.4, -0.2) is 47.0 Å². The number of nitrogens with two attached hydrogens (primary N) is 1. The summed E-state index contributed by atoms with van der Waals surface area (Å²) in [5, 5.41) is 9.57. The van der Waals surface area contributed by atoms with Crippen molar-refractivity contribution in [3.63, 3.8) is 0 Å². The summed E-state index contributed by atoms with van der Waals surface area (Å²) in [4.78, 5) is 9.94. The number of aliphatic hydroxyl groups is 1. The minimum absolute atomic E-state index is 0.0264. The van der Waals surface area contributed by atoms with Crippen molar-refractivity contribution >= 4 is 23.4 Å². The summed E-state index contributed by atoms with van der Waals surface area (Å²) in [5.41, 5.74) is 5.56. The number of hydrogen-bond acceptors (Lipinski definition) is 6. The van der Waals surface area contributed by atoms with Crippen LogP contribution in [-0.2, 0) is 4.74 Å². The Balaban J connectivity index is 2.27. The number of halogens is 1. The van der Waals surface area contributed by atoms with Crippen LogP contribution >= 0.6 is 11.6 Å². The smallest absolute Gasteiger partial charge is 0.222 e. The molecule has 0 spiro atoms. The van der Waals surface area contributed by atoms with Gasteiger partial charge in [0.05, 0.1) is 31.6 Å².